The van der Waals surface area contributed by atoms with Crippen LogP contribution in [0.25, 0.3) is 0 Å². The van der Waals surface area contributed by atoms with E-state index in [9.17, 15) is 0 Å². The lowest BCUT2D eigenvalue weighted by Gasteiger charge is -2.40. The van der Waals surface area contributed by atoms with E-state index in [2.05, 4.69) is 49.9 Å². The molecule has 2 heteroatoms. The van der Waals surface area contributed by atoms with E-state index in [1.165, 1.54) is 32.2 Å². The van der Waals surface area contributed by atoms with Crippen LogP contribution in [0.3, 0.4) is 0 Å². The Bertz CT molecular complexity index is 425. The zero-order valence-electron chi connectivity index (χ0n) is 13.4. The summed E-state index contributed by atoms with van der Waals surface area (Å²) in [6.45, 7) is 9.85. The van der Waals surface area contributed by atoms with Gasteiger partial charge in [0.2, 0.25) is 0 Å². The molecule has 0 bridgehead atoms. The molecule has 0 aromatic heterocycles. The summed E-state index contributed by atoms with van der Waals surface area (Å²) in [5, 5.41) is 0. The predicted molar refractivity (Wildman–Crippen MR) is 86.8 cm³/mol. The highest BCUT2D eigenvalue weighted by Crippen LogP contribution is 2.35. The lowest BCUT2D eigenvalue weighted by Crippen LogP contribution is -2.42. The third-order valence-electron chi connectivity index (χ3n) is 4.47. The molecule has 1 unspecified atom stereocenters. The van der Waals surface area contributed by atoms with Crippen LogP contribution >= 0.6 is 0 Å². The molecule has 20 heavy (non-hydrogen) atoms. The fourth-order valence-corrected chi connectivity index (χ4v) is 3.35. The first-order chi connectivity index (χ1) is 9.57. The average molecular weight is 274 g/mol. The molecule has 2 nitrogen and oxygen atoms in total. The van der Waals surface area contributed by atoms with Crippen molar-refractivity contribution in [3.8, 4) is 0 Å². The fourth-order valence-electron chi connectivity index (χ4n) is 3.35. The Morgan fingerprint density at radius 2 is 2.05 bits per heavy atom. The molecule has 0 heterocycles. The highest BCUT2D eigenvalue weighted by molar-refractivity contribution is 5.32. The maximum atomic E-state index is 5.95. The summed E-state index contributed by atoms with van der Waals surface area (Å²) in [6.07, 6.45) is 5.05. The van der Waals surface area contributed by atoms with Crippen molar-refractivity contribution in [3.05, 3.63) is 35.4 Å². The second-order valence-electron chi connectivity index (χ2n) is 6.95. The SMILES string of the molecule is CCCN(CC(C)(C)CN)C1CCCc2ccccc21. The summed E-state index contributed by atoms with van der Waals surface area (Å²) in [5.74, 6) is 0. The van der Waals surface area contributed by atoms with E-state index in [1.54, 1.807) is 11.1 Å². The molecule has 1 aromatic carbocycles. The van der Waals surface area contributed by atoms with E-state index in [-0.39, 0.29) is 5.41 Å². The van der Waals surface area contributed by atoms with Gasteiger partial charge in [-0.05, 0) is 55.3 Å². The molecule has 0 aliphatic heterocycles. The molecule has 1 atom stereocenters. The maximum Gasteiger partial charge on any atom is 0.0351 e. The number of nitrogens with two attached hydrogens (primary N) is 1. The van der Waals surface area contributed by atoms with Crippen molar-refractivity contribution in [1.82, 2.24) is 4.90 Å². The highest BCUT2D eigenvalue weighted by atomic mass is 15.2. The van der Waals surface area contributed by atoms with E-state index in [1.807, 2.05) is 0 Å². The van der Waals surface area contributed by atoms with Crippen LogP contribution in [-0.4, -0.2) is 24.5 Å². The van der Waals surface area contributed by atoms with Crippen molar-refractivity contribution in [1.29, 1.82) is 0 Å². The van der Waals surface area contributed by atoms with Crippen LogP contribution in [0, 0.1) is 5.41 Å². The second kappa shape index (κ2) is 6.73. The van der Waals surface area contributed by atoms with Crippen LogP contribution in [-0.2, 0) is 6.42 Å². The lowest BCUT2D eigenvalue weighted by atomic mass is 9.85. The van der Waals surface area contributed by atoms with E-state index < -0.39 is 0 Å². The van der Waals surface area contributed by atoms with Crippen LogP contribution < -0.4 is 5.73 Å². The topological polar surface area (TPSA) is 29.3 Å². The van der Waals surface area contributed by atoms with Gasteiger partial charge in [-0.1, -0.05) is 45.0 Å². The third-order valence-corrected chi connectivity index (χ3v) is 4.47. The standard InChI is InChI=1S/C18H30N2/c1-4-12-20(14-18(2,3)13-19)17-11-7-9-15-8-5-6-10-16(15)17/h5-6,8,10,17H,4,7,9,11-14,19H2,1-3H3. The number of hydrogen-bond acceptors (Lipinski definition) is 2. The molecule has 0 amide bonds. The smallest absolute Gasteiger partial charge is 0.0351 e. The molecule has 1 aliphatic carbocycles. The fraction of sp³-hybridized carbons (Fsp3) is 0.667. The summed E-state index contributed by atoms with van der Waals surface area (Å²) in [6, 6.07) is 9.59. The van der Waals surface area contributed by atoms with Crippen LogP contribution in [0.5, 0.6) is 0 Å². The number of hydrogen-bond donors (Lipinski definition) is 1. The van der Waals surface area contributed by atoms with E-state index in [0.29, 0.717) is 6.04 Å². The second-order valence-corrected chi connectivity index (χ2v) is 6.95. The number of fused-ring (bicyclic) bond motifs is 1. The summed E-state index contributed by atoms with van der Waals surface area (Å²) in [7, 11) is 0. The van der Waals surface area contributed by atoms with Gasteiger partial charge in [-0.3, -0.25) is 4.90 Å². The summed E-state index contributed by atoms with van der Waals surface area (Å²) in [4.78, 5) is 2.67. The number of aryl methyl sites for hydroxylation is 1. The average Bonchev–Trinajstić information content (AvgIpc) is 2.46. The minimum absolute atomic E-state index is 0.196. The quantitative estimate of drug-likeness (QED) is 0.856. The molecule has 0 saturated carbocycles. The Hall–Kier alpha value is -0.860. The van der Waals surface area contributed by atoms with Crippen molar-refractivity contribution in [2.24, 2.45) is 11.1 Å². The van der Waals surface area contributed by atoms with E-state index in [4.69, 9.17) is 5.73 Å². The van der Waals surface area contributed by atoms with Gasteiger partial charge >= 0.3 is 0 Å². The van der Waals surface area contributed by atoms with Crippen LogP contribution in [0.2, 0.25) is 0 Å². The van der Waals surface area contributed by atoms with Gasteiger partial charge in [0, 0.05) is 12.6 Å². The molecule has 112 valence electrons. The van der Waals surface area contributed by atoms with Crippen molar-refractivity contribution in [3.63, 3.8) is 0 Å². The lowest BCUT2D eigenvalue weighted by molar-refractivity contribution is 0.120. The number of benzene rings is 1. The molecule has 1 aliphatic rings. The molecular weight excluding hydrogens is 244 g/mol. The Morgan fingerprint density at radius 1 is 1.30 bits per heavy atom. The van der Waals surface area contributed by atoms with E-state index in [0.717, 1.165) is 13.1 Å². The largest absolute Gasteiger partial charge is 0.330 e. The van der Waals surface area contributed by atoms with Crippen LogP contribution in [0.15, 0.2) is 24.3 Å². The van der Waals surface area contributed by atoms with Gasteiger partial charge in [-0.25, -0.2) is 0 Å². The molecule has 0 saturated heterocycles. The van der Waals surface area contributed by atoms with Gasteiger partial charge in [0.05, 0.1) is 0 Å². The Kier molecular flexibility index (Phi) is 5.22. The molecule has 1 aromatic rings. The summed E-state index contributed by atoms with van der Waals surface area (Å²) < 4.78 is 0. The Morgan fingerprint density at radius 3 is 2.75 bits per heavy atom. The molecular formula is C18H30N2. The first kappa shape index (κ1) is 15.5. The van der Waals surface area contributed by atoms with Crippen LogP contribution in [0.4, 0.5) is 0 Å². The molecule has 2 rings (SSSR count). The van der Waals surface area contributed by atoms with Gasteiger partial charge in [0.1, 0.15) is 0 Å². The Balaban J connectivity index is 2.22. The number of nitrogens with zero attached hydrogens (tertiary/aromatic N) is 1. The minimum Gasteiger partial charge on any atom is -0.330 e. The normalized spacial score (nSPS) is 19.1. The van der Waals surface area contributed by atoms with Gasteiger partial charge in [-0.2, -0.15) is 0 Å². The van der Waals surface area contributed by atoms with Gasteiger partial charge in [0.15, 0.2) is 0 Å². The first-order valence-corrected chi connectivity index (χ1v) is 8.09. The number of rotatable bonds is 6. The van der Waals surface area contributed by atoms with Gasteiger partial charge < -0.3 is 5.73 Å². The van der Waals surface area contributed by atoms with Crippen molar-refractivity contribution in [2.45, 2.75) is 52.5 Å². The van der Waals surface area contributed by atoms with E-state index >= 15 is 0 Å². The van der Waals surface area contributed by atoms with Gasteiger partial charge in [0.25, 0.3) is 0 Å². The highest BCUT2D eigenvalue weighted by Gasteiger charge is 2.29. The Labute approximate surface area is 124 Å². The minimum atomic E-state index is 0.196. The molecule has 0 fully saturated rings. The maximum absolute atomic E-state index is 5.95. The molecule has 0 radical (unpaired) electrons. The van der Waals surface area contributed by atoms with Crippen molar-refractivity contribution in [2.75, 3.05) is 19.6 Å². The van der Waals surface area contributed by atoms with Crippen LogP contribution in [0.1, 0.15) is 57.2 Å². The molecule has 2 N–H and O–H groups in total. The third kappa shape index (κ3) is 3.62. The first-order valence-electron chi connectivity index (χ1n) is 8.09. The van der Waals surface area contributed by atoms with Crippen molar-refractivity contribution < 1.29 is 0 Å². The predicted octanol–water partition coefficient (Wildman–Crippen LogP) is 3.76. The van der Waals surface area contributed by atoms with Crippen molar-refractivity contribution >= 4 is 0 Å². The molecule has 0 spiro atoms. The summed E-state index contributed by atoms with van der Waals surface area (Å²) in [5.41, 5.74) is 9.25. The van der Waals surface area contributed by atoms with Gasteiger partial charge in [-0.15, -0.1) is 0 Å². The zero-order chi connectivity index (χ0) is 14.6. The summed E-state index contributed by atoms with van der Waals surface area (Å²) >= 11 is 0. The zero-order valence-corrected chi connectivity index (χ0v) is 13.4. The monoisotopic (exact) mass is 274 g/mol.